The first-order chi connectivity index (χ1) is 6.33. The summed E-state index contributed by atoms with van der Waals surface area (Å²) in [7, 11) is 0.229. The molecule has 72 valence electrons. The van der Waals surface area contributed by atoms with E-state index in [2.05, 4.69) is 0 Å². The highest BCUT2D eigenvalue weighted by molar-refractivity contribution is 7.41. The van der Waals surface area contributed by atoms with Gasteiger partial charge in [0.2, 0.25) is 0 Å². The fraction of sp³-hybridized carbons (Fsp3) is 0.333. The Balaban J connectivity index is 2.20. The van der Waals surface area contributed by atoms with Gasteiger partial charge in [0, 0.05) is 8.81 Å². The highest BCUT2D eigenvalue weighted by Crippen LogP contribution is 2.11. The molecule has 1 aromatic carbocycles. The predicted molar refractivity (Wildman–Crippen MR) is 53.4 cm³/mol. The monoisotopic (exact) mass is 200 g/mol. The third-order valence-corrected chi connectivity index (χ3v) is 2.33. The summed E-state index contributed by atoms with van der Waals surface area (Å²) in [6.07, 6.45) is -0.767. The standard InChI is InChI=1S/C9H13O3P/c10-6-8(11)7-12-13-9-4-2-1-3-5-9/h1-5,8,10-11,13H,6-7H2. The Hall–Kier alpha value is -0.470. The van der Waals surface area contributed by atoms with Crippen LogP contribution in [0.25, 0.3) is 0 Å². The molecule has 2 unspecified atom stereocenters. The Kier molecular flexibility index (Phi) is 4.94. The minimum atomic E-state index is -0.767. The number of aliphatic hydroxyl groups is 2. The van der Waals surface area contributed by atoms with Gasteiger partial charge in [-0.2, -0.15) is 0 Å². The second-order valence-electron chi connectivity index (χ2n) is 2.62. The molecule has 4 heteroatoms. The molecule has 0 aromatic heterocycles. The molecule has 1 aromatic rings. The van der Waals surface area contributed by atoms with Crippen molar-refractivity contribution in [2.45, 2.75) is 6.10 Å². The van der Waals surface area contributed by atoms with Gasteiger partial charge in [-0.1, -0.05) is 30.3 Å². The Morgan fingerprint density at radius 1 is 1.31 bits per heavy atom. The van der Waals surface area contributed by atoms with Gasteiger partial charge in [-0.25, -0.2) is 0 Å². The van der Waals surface area contributed by atoms with E-state index < -0.39 is 6.10 Å². The second kappa shape index (κ2) is 6.06. The molecule has 13 heavy (non-hydrogen) atoms. The lowest BCUT2D eigenvalue weighted by Gasteiger charge is -2.07. The van der Waals surface area contributed by atoms with Crippen LogP contribution in [0.4, 0.5) is 0 Å². The summed E-state index contributed by atoms with van der Waals surface area (Å²) in [6, 6.07) is 9.74. The summed E-state index contributed by atoms with van der Waals surface area (Å²) in [5.74, 6) is 0. The van der Waals surface area contributed by atoms with Crippen LogP contribution in [0.5, 0.6) is 0 Å². The molecule has 2 atom stereocenters. The van der Waals surface area contributed by atoms with E-state index in [1.165, 1.54) is 0 Å². The lowest BCUT2D eigenvalue weighted by atomic mass is 10.4. The largest absolute Gasteiger partial charge is 0.394 e. The van der Waals surface area contributed by atoms with Gasteiger partial charge < -0.3 is 14.7 Å². The number of aliphatic hydroxyl groups excluding tert-OH is 2. The van der Waals surface area contributed by atoms with Crippen molar-refractivity contribution in [3.05, 3.63) is 30.3 Å². The summed E-state index contributed by atoms with van der Waals surface area (Å²) in [4.78, 5) is 0. The quantitative estimate of drug-likeness (QED) is 0.671. The topological polar surface area (TPSA) is 49.7 Å². The second-order valence-corrected chi connectivity index (χ2v) is 3.69. The molecule has 0 radical (unpaired) electrons. The maximum absolute atomic E-state index is 8.97. The van der Waals surface area contributed by atoms with Crippen molar-refractivity contribution < 1.29 is 14.7 Å². The number of hydrogen-bond acceptors (Lipinski definition) is 3. The summed E-state index contributed by atoms with van der Waals surface area (Å²) < 4.78 is 5.19. The van der Waals surface area contributed by atoms with E-state index in [1.54, 1.807) is 0 Å². The maximum atomic E-state index is 8.97. The van der Waals surface area contributed by atoms with Gasteiger partial charge in [0.05, 0.1) is 13.2 Å². The van der Waals surface area contributed by atoms with Gasteiger partial charge in [-0.3, -0.25) is 0 Å². The van der Waals surface area contributed by atoms with Crippen molar-refractivity contribution >= 4 is 14.1 Å². The van der Waals surface area contributed by atoms with Crippen LogP contribution in [0.15, 0.2) is 30.3 Å². The fourth-order valence-electron chi connectivity index (χ4n) is 0.780. The molecular formula is C9H13O3P. The van der Waals surface area contributed by atoms with Gasteiger partial charge in [-0.05, 0) is 5.30 Å². The number of hydrogen-bond donors (Lipinski definition) is 2. The van der Waals surface area contributed by atoms with Crippen molar-refractivity contribution in [3.63, 3.8) is 0 Å². The fourth-order valence-corrected chi connectivity index (χ4v) is 1.55. The molecule has 0 aliphatic rings. The van der Waals surface area contributed by atoms with Crippen molar-refractivity contribution in [2.24, 2.45) is 0 Å². The molecule has 0 bridgehead atoms. The van der Waals surface area contributed by atoms with E-state index in [-0.39, 0.29) is 22.0 Å². The zero-order valence-electron chi connectivity index (χ0n) is 7.18. The SMILES string of the molecule is OCC(O)COPc1ccccc1. The molecular weight excluding hydrogens is 187 g/mol. The molecule has 0 aliphatic carbocycles. The average Bonchev–Trinajstić information content (AvgIpc) is 2.19. The summed E-state index contributed by atoms with van der Waals surface area (Å²) >= 11 is 0. The zero-order valence-corrected chi connectivity index (χ0v) is 8.18. The molecule has 2 N–H and O–H groups in total. The van der Waals surface area contributed by atoms with Crippen LogP contribution in [0.2, 0.25) is 0 Å². The third-order valence-electron chi connectivity index (χ3n) is 1.45. The van der Waals surface area contributed by atoms with E-state index in [4.69, 9.17) is 14.7 Å². The van der Waals surface area contributed by atoms with Crippen molar-refractivity contribution in [1.82, 2.24) is 0 Å². The van der Waals surface area contributed by atoms with Crippen molar-refractivity contribution in [1.29, 1.82) is 0 Å². The molecule has 1 rings (SSSR count). The third kappa shape index (κ3) is 4.34. The molecule has 0 saturated heterocycles. The number of rotatable bonds is 5. The molecule has 0 amide bonds. The Labute approximate surface area is 79.2 Å². The highest BCUT2D eigenvalue weighted by atomic mass is 31.1. The Morgan fingerprint density at radius 3 is 2.62 bits per heavy atom. The van der Waals surface area contributed by atoms with E-state index in [1.807, 2.05) is 30.3 Å². The summed E-state index contributed by atoms with van der Waals surface area (Å²) in [6.45, 7) is -0.0664. The van der Waals surface area contributed by atoms with Crippen molar-refractivity contribution in [2.75, 3.05) is 13.2 Å². The smallest absolute Gasteiger partial charge is 0.101 e. The molecule has 0 aliphatic heterocycles. The maximum Gasteiger partial charge on any atom is 0.101 e. The van der Waals surface area contributed by atoms with Crippen LogP contribution in [0, 0.1) is 0 Å². The van der Waals surface area contributed by atoms with Gasteiger partial charge in [0.15, 0.2) is 0 Å². The van der Waals surface area contributed by atoms with Crippen molar-refractivity contribution in [3.8, 4) is 0 Å². The first-order valence-corrected chi connectivity index (χ1v) is 4.95. The Bertz CT molecular complexity index is 228. The average molecular weight is 200 g/mol. The van der Waals surface area contributed by atoms with Gasteiger partial charge in [0.1, 0.15) is 6.10 Å². The molecule has 3 nitrogen and oxygen atoms in total. The van der Waals surface area contributed by atoms with Crippen LogP contribution in [-0.4, -0.2) is 29.5 Å². The summed E-state index contributed by atoms with van der Waals surface area (Å²) in [5, 5.41) is 18.6. The van der Waals surface area contributed by atoms with Gasteiger partial charge in [-0.15, -0.1) is 0 Å². The van der Waals surface area contributed by atoms with Gasteiger partial charge in [0.25, 0.3) is 0 Å². The Morgan fingerprint density at radius 2 is 2.00 bits per heavy atom. The first kappa shape index (κ1) is 10.6. The van der Waals surface area contributed by atoms with E-state index >= 15 is 0 Å². The molecule has 0 saturated carbocycles. The predicted octanol–water partition coefficient (Wildman–Crippen LogP) is 0.275. The first-order valence-electron chi connectivity index (χ1n) is 4.04. The van der Waals surface area contributed by atoms with Crippen LogP contribution < -0.4 is 5.30 Å². The minimum Gasteiger partial charge on any atom is -0.394 e. The van der Waals surface area contributed by atoms with Gasteiger partial charge >= 0.3 is 0 Å². The van der Waals surface area contributed by atoms with E-state index in [0.717, 1.165) is 5.30 Å². The molecule has 0 spiro atoms. The highest BCUT2D eigenvalue weighted by Gasteiger charge is 2.01. The zero-order chi connectivity index (χ0) is 9.52. The lowest BCUT2D eigenvalue weighted by molar-refractivity contribution is 0.0591. The summed E-state index contributed by atoms with van der Waals surface area (Å²) in [5.41, 5.74) is 0. The van der Waals surface area contributed by atoms with Crippen LogP contribution in [0.3, 0.4) is 0 Å². The lowest BCUT2D eigenvalue weighted by Crippen LogP contribution is -2.17. The van der Waals surface area contributed by atoms with Crippen LogP contribution in [-0.2, 0) is 4.52 Å². The molecule has 0 heterocycles. The normalized spacial score (nSPS) is 13.7. The van der Waals surface area contributed by atoms with E-state index in [0.29, 0.717) is 0 Å². The van der Waals surface area contributed by atoms with Crippen LogP contribution in [0.1, 0.15) is 0 Å². The molecule has 0 fully saturated rings. The minimum absolute atomic E-state index is 0.184. The van der Waals surface area contributed by atoms with Crippen LogP contribution >= 0.6 is 8.81 Å². The number of benzene rings is 1. The van der Waals surface area contributed by atoms with E-state index in [9.17, 15) is 0 Å².